The number of carbonyl (C=O) groups is 1. The number of benzene rings is 4. The van der Waals surface area contributed by atoms with Crippen molar-refractivity contribution < 1.29 is 19.2 Å². The summed E-state index contributed by atoms with van der Waals surface area (Å²) in [7, 11) is 1.38. The second-order valence-electron chi connectivity index (χ2n) is 7.84. The van der Waals surface area contributed by atoms with Crippen LogP contribution in [0.5, 0.6) is 11.5 Å². The van der Waals surface area contributed by atoms with Crippen LogP contribution in [-0.2, 0) is 11.4 Å². The highest BCUT2D eigenvalue weighted by molar-refractivity contribution is 6.31. The van der Waals surface area contributed by atoms with E-state index in [1.54, 1.807) is 12.1 Å². The molecular formula is C28H20ClN3O5. The van der Waals surface area contributed by atoms with Crippen molar-refractivity contribution in [2.24, 2.45) is 0 Å². The Balaban J connectivity index is 1.72. The predicted molar refractivity (Wildman–Crippen MR) is 142 cm³/mol. The molecule has 37 heavy (non-hydrogen) atoms. The van der Waals surface area contributed by atoms with Crippen molar-refractivity contribution >= 4 is 45.7 Å². The number of methoxy groups -OCH3 is 1. The van der Waals surface area contributed by atoms with Gasteiger partial charge in [0.1, 0.15) is 35.4 Å². The molecule has 0 spiro atoms. The predicted octanol–water partition coefficient (Wildman–Crippen LogP) is 6.53. The van der Waals surface area contributed by atoms with Crippen LogP contribution in [0.1, 0.15) is 11.1 Å². The molecule has 184 valence electrons. The van der Waals surface area contributed by atoms with Gasteiger partial charge in [0.15, 0.2) is 0 Å². The third-order valence-corrected chi connectivity index (χ3v) is 5.94. The lowest BCUT2D eigenvalue weighted by molar-refractivity contribution is -0.384. The number of halogens is 1. The average molecular weight is 514 g/mol. The van der Waals surface area contributed by atoms with Crippen LogP contribution in [-0.4, -0.2) is 17.9 Å². The van der Waals surface area contributed by atoms with E-state index >= 15 is 0 Å². The summed E-state index contributed by atoms with van der Waals surface area (Å²) in [5, 5.41) is 26.0. The summed E-state index contributed by atoms with van der Waals surface area (Å²) in [6, 6.07) is 24.3. The summed E-state index contributed by atoms with van der Waals surface area (Å²) in [6.45, 7) is 0.172. The maximum Gasteiger partial charge on any atom is 0.296 e. The van der Waals surface area contributed by atoms with E-state index in [9.17, 15) is 20.2 Å². The summed E-state index contributed by atoms with van der Waals surface area (Å²) >= 11 is 6.26. The number of anilines is 1. The molecule has 4 aromatic rings. The molecule has 0 bridgehead atoms. The number of nitrogens with zero attached hydrogens (tertiary/aromatic N) is 2. The SMILES string of the molecule is COc1ccc(NC(=O)/C(C#N)=C/c2c(OCc3ccccc3Cl)ccc3ccccc23)c([N+](=O)[O-])c1. The fraction of sp³-hybridized carbons (Fsp3) is 0.0714. The molecule has 0 aliphatic heterocycles. The topological polar surface area (TPSA) is 114 Å². The molecule has 0 heterocycles. The van der Waals surface area contributed by atoms with Crippen molar-refractivity contribution in [3.8, 4) is 17.6 Å². The monoisotopic (exact) mass is 513 g/mol. The minimum Gasteiger partial charge on any atom is -0.496 e. The first kappa shape index (κ1) is 25.2. The van der Waals surface area contributed by atoms with E-state index in [2.05, 4.69) is 5.32 Å². The van der Waals surface area contributed by atoms with Crippen molar-refractivity contribution in [1.82, 2.24) is 0 Å². The van der Waals surface area contributed by atoms with E-state index in [0.717, 1.165) is 16.3 Å². The molecule has 0 aliphatic carbocycles. The van der Waals surface area contributed by atoms with Crippen LogP contribution in [0.3, 0.4) is 0 Å². The number of carbonyl (C=O) groups excluding carboxylic acids is 1. The largest absolute Gasteiger partial charge is 0.496 e. The molecule has 1 amide bonds. The molecule has 0 aliphatic rings. The van der Waals surface area contributed by atoms with Crippen LogP contribution in [0.4, 0.5) is 11.4 Å². The van der Waals surface area contributed by atoms with E-state index in [4.69, 9.17) is 21.1 Å². The zero-order chi connectivity index (χ0) is 26.4. The molecule has 0 saturated heterocycles. The minimum absolute atomic E-state index is 0.0648. The number of fused-ring (bicyclic) bond motifs is 1. The van der Waals surface area contributed by atoms with Crippen molar-refractivity contribution in [1.29, 1.82) is 5.26 Å². The highest BCUT2D eigenvalue weighted by Crippen LogP contribution is 2.33. The second kappa shape index (κ2) is 11.2. The second-order valence-corrected chi connectivity index (χ2v) is 8.25. The number of nitro benzene ring substituents is 1. The average Bonchev–Trinajstić information content (AvgIpc) is 2.91. The first-order valence-electron chi connectivity index (χ1n) is 11.0. The first-order chi connectivity index (χ1) is 17.9. The van der Waals surface area contributed by atoms with Gasteiger partial charge >= 0.3 is 0 Å². The maximum atomic E-state index is 13.0. The number of nitro groups is 1. The number of ether oxygens (including phenoxy) is 2. The van der Waals surface area contributed by atoms with Gasteiger partial charge in [-0.25, -0.2) is 0 Å². The first-order valence-corrected chi connectivity index (χ1v) is 11.4. The lowest BCUT2D eigenvalue weighted by Crippen LogP contribution is -2.14. The standard InChI is InChI=1S/C28H20ClN3O5/c1-36-21-11-12-25(26(15-21)32(34)35)31-28(33)20(16-30)14-23-22-8-4-2-6-18(22)10-13-27(23)37-17-19-7-3-5-9-24(19)29/h2-15H,17H2,1H3,(H,31,33)/b20-14+. The minimum atomic E-state index is -0.805. The maximum absolute atomic E-state index is 13.0. The number of amides is 1. The van der Waals surface area contributed by atoms with Gasteiger partial charge in [-0.15, -0.1) is 0 Å². The molecule has 0 radical (unpaired) electrons. The van der Waals surface area contributed by atoms with Gasteiger partial charge in [-0.05, 0) is 41.1 Å². The van der Waals surface area contributed by atoms with E-state index < -0.39 is 10.8 Å². The van der Waals surface area contributed by atoms with Crippen LogP contribution in [0.15, 0.2) is 84.4 Å². The van der Waals surface area contributed by atoms with E-state index in [1.807, 2.05) is 54.6 Å². The molecule has 0 aromatic heterocycles. The highest BCUT2D eigenvalue weighted by atomic mass is 35.5. The smallest absolute Gasteiger partial charge is 0.296 e. The quantitative estimate of drug-likeness (QED) is 0.124. The fourth-order valence-corrected chi connectivity index (χ4v) is 3.89. The zero-order valence-electron chi connectivity index (χ0n) is 19.6. The van der Waals surface area contributed by atoms with Crippen molar-refractivity contribution in [2.45, 2.75) is 6.61 Å². The Morgan fingerprint density at radius 1 is 1.11 bits per heavy atom. The number of nitrogens with one attached hydrogen (secondary N) is 1. The molecule has 0 fully saturated rings. The summed E-state index contributed by atoms with van der Waals surface area (Å²) in [4.78, 5) is 23.9. The Kier molecular flexibility index (Phi) is 7.67. The Labute approximate surface area is 217 Å². The van der Waals surface area contributed by atoms with Crippen LogP contribution in [0.2, 0.25) is 5.02 Å². The molecule has 0 unspecified atom stereocenters. The van der Waals surface area contributed by atoms with E-state index in [0.29, 0.717) is 16.3 Å². The molecule has 9 heteroatoms. The van der Waals surface area contributed by atoms with Crippen molar-refractivity contribution in [3.63, 3.8) is 0 Å². The Hall–Kier alpha value is -4.87. The molecule has 0 atom stereocenters. The summed E-state index contributed by atoms with van der Waals surface area (Å²) in [6.07, 6.45) is 1.41. The number of rotatable bonds is 8. The molecule has 8 nitrogen and oxygen atoms in total. The van der Waals surface area contributed by atoms with Crippen LogP contribution < -0.4 is 14.8 Å². The third kappa shape index (κ3) is 5.69. The normalized spacial score (nSPS) is 11.0. The third-order valence-electron chi connectivity index (χ3n) is 5.58. The van der Waals surface area contributed by atoms with Gasteiger partial charge in [-0.1, -0.05) is 60.1 Å². The lowest BCUT2D eigenvalue weighted by atomic mass is 10.0. The van der Waals surface area contributed by atoms with Gasteiger partial charge in [0.25, 0.3) is 11.6 Å². The van der Waals surface area contributed by atoms with Crippen LogP contribution >= 0.6 is 11.6 Å². The van der Waals surface area contributed by atoms with Crippen molar-refractivity contribution in [3.05, 3.63) is 111 Å². The zero-order valence-corrected chi connectivity index (χ0v) is 20.4. The molecule has 4 rings (SSSR count). The van der Waals surface area contributed by atoms with Gasteiger partial charge < -0.3 is 14.8 Å². The Morgan fingerprint density at radius 3 is 2.59 bits per heavy atom. The van der Waals surface area contributed by atoms with Crippen LogP contribution in [0, 0.1) is 21.4 Å². The molecule has 4 aromatic carbocycles. The summed E-state index contributed by atoms with van der Waals surface area (Å²) in [5.41, 5.74) is 0.603. The lowest BCUT2D eigenvalue weighted by Gasteiger charge is -2.13. The van der Waals surface area contributed by atoms with Crippen molar-refractivity contribution in [2.75, 3.05) is 12.4 Å². The van der Waals surface area contributed by atoms with Gasteiger partial charge in [-0.2, -0.15) is 5.26 Å². The van der Waals surface area contributed by atoms with E-state index in [-0.39, 0.29) is 29.3 Å². The number of hydrogen-bond acceptors (Lipinski definition) is 6. The van der Waals surface area contributed by atoms with Gasteiger partial charge in [0, 0.05) is 16.1 Å². The number of hydrogen-bond donors (Lipinski definition) is 1. The summed E-state index contributed by atoms with van der Waals surface area (Å²) < 4.78 is 11.1. The Bertz CT molecular complexity index is 1580. The number of nitriles is 1. The van der Waals surface area contributed by atoms with Gasteiger partial charge in [0.05, 0.1) is 18.1 Å². The fourth-order valence-electron chi connectivity index (χ4n) is 3.70. The van der Waals surface area contributed by atoms with Gasteiger partial charge in [-0.3, -0.25) is 14.9 Å². The molecular weight excluding hydrogens is 494 g/mol. The van der Waals surface area contributed by atoms with Gasteiger partial charge in [0.2, 0.25) is 0 Å². The van der Waals surface area contributed by atoms with E-state index in [1.165, 1.54) is 31.4 Å². The Morgan fingerprint density at radius 2 is 1.86 bits per heavy atom. The van der Waals surface area contributed by atoms with Crippen LogP contribution in [0.25, 0.3) is 16.8 Å². The summed E-state index contributed by atoms with van der Waals surface area (Å²) in [5.74, 6) is -0.104. The molecule has 0 saturated carbocycles. The highest BCUT2D eigenvalue weighted by Gasteiger charge is 2.20. The molecule has 1 N–H and O–H groups in total.